The summed E-state index contributed by atoms with van der Waals surface area (Å²) in [6.45, 7) is 4.69. The highest BCUT2D eigenvalue weighted by Crippen LogP contribution is 2.49. The minimum absolute atomic E-state index is 0.0513. The van der Waals surface area contributed by atoms with Crippen LogP contribution in [0.4, 0.5) is 8.78 Å². The quantitative estimate of drug-likeness (QED) is 0.806. The van der Waals surface area contributed by atoms with Crippen molar-refractivity contribution in [3.05, 3.63) is 52.8 Å². The van der Waals surface area contributed by atoms with Gasteiger partial charge in [0.15, 0.2) is 0 Å². The fraction of sp³-hybridized carbons (Fsp3) is 0.450. The standard InChI is InChI=1S/C20H22F2N2O/c1-4-18-20(2,7-5-8-23)15-10-13(21)11-16(22)19(15)17-12-14(25-3)6-9-24(17)18/h6,10-12,18H,4-5,7,9H2,1-3H3. The number of methoxy groups -OCH3 is 1. The van der Waals surface area contributed by atoms with Gasteiger partial charge >= 0.3 is 0 Å². The summed E-state index contributed by atoms with van der Waals surface area (Å²) in [6, 6.07) is 4.59. The molecule has 0 fully saturated rings. The molecular weight excluding hydrogens is 322 g/mol. The van der Waals surface area contributed by atoms with Crippen molar-refractivity contribution in [1.82, 2.24) is 4.90 Å². The third-order valence-electron chi connectivity index (χ3n) is 5.49. The smallest absolute Gasteiger partial charge is 0.135 e. The highest BCUT2D eigenvalue weighted by Gasteiger charge is 2.46. The summed E-state index contributed by atoms with van der Waals surface area (Å²) in [5, 5.41) is 9.08. The molecule has 5 heteroatoms. The molecule has 1 aromatic carbocycles. The van der Waals surface area contributed by atoms with Gasteiger partial charge in [0.1, 0.15) is 17.4 Å². The van der Waals surface area contributed by atoms with Gasteiger partial charge in [-0.3, -0.25) is 0 Å². The van der Waals surface area contributed by atoms with Gasteiger partial charge in [0.2, 0.25) is 0 Å². The maximum Gasteiger partial charge on any atom is 0.135 e. The van der Waals surface area contributed by atoms with E-state index in [1.165, 1.54) is 6.07 Å². The first-order valence-electron chi connectivity index (χ1n) is 8.55. The average molecular weight is 344 g/mol. The largest absolute Gasteiger partial charge is 0.497 e. The van der Waals surface area contributed by atoms with E-state index >= 15 is 0 Å². The monoisotopic (exact) mass is 344 g/mol. The number of fused-ring (bicyclic) bond motifs is 3. The molecule has 3 rings (SSSR count). The molecule has 1 aromatic rings. The number of allylic oxidation sites excluding steroid dienone is 1. The molecule has 0 saturated carbocycles. The number of halogens is 2. The zero-order valence-corrected chi connectivity index (χ0v) is 14.8. The first kappa shape index (κ1) is 17.5. The Morgan fingerprint density at radius 2 is 2.16 bits per heavy atom. The Bertz CT molecular complexity index is 794. The second kappa shape index (κ2) is 6.51. The predicted octanol–water partition coefficient (Wildman–Crippen LogP) is 4.51. The third kappa shape index (κ3) is 2.70. The van der Waals surface area contributed by atoms with Gasteiger partial charge < -0.3 is 9.64 Å². The van der Waals surface area contributed by atoms with Gasteiger partial charge in [-0.1, -0.05) is 13.8 Å². The van der Waals surface area contributed by atoms with E-state index < -0.39 is 17.0 Å². The molecule has 2 unspecified atom stereocenters. The SMILES string of the molecule is CCC1N2CC=C(OC)C=C2c2c(F)cc(F)cc2C1(C)CCC#N. The van der Waals surface area contributed by atoms with E-state index in [-0.39, 0.29) is 6.04 Å². The number of nitrogens with zero attached hydrogens (tertiary/aromatic N) is 2. The molecular formula is C20H22F2N2O. The van der Waals surface area contributed by atoms with Gasteiger partial charge in [-0.2, -0.15) is 5.26 Å². The minimum atomic E-state index is -0.582. The number of hydrogen-bond acceptors (Lipinski definition) is 3. The van der Waals surface area contributed by atoms with Crippen LogP contribution >= 0.6 is 0 Å². The van der Waals surface area contributed by atoms with E-state index in [0.717, 1.165) is 18.2 Å². The van der Waals surface area contributed by atoms with Crippen molar-refractivity contribution in [2.24, 2.45) is 0 Å². The predicted molar refractivity (Wildman–Crippen MR) is 92.4 cm³/mol. The van der Waals surface area contributed by atoms with E-state index in [9.17, 15) is 8.78 Å². The topological polar surface area (TPSA) is 36.3 Å². The first-order chi connectivity index (χ1) is 12.0. The summed E-state index contributed by atoms with van der Waals surface area (Å²) < 4.78 is 34.2. The molecule has 0 aliphatic carbocycles. The maximum absolute atomic E-state index is 14.8. The molecule has 2 aliphatic heterocycles. The zero-order chi connectivity index (χ0) is 18.2. The fourth-order valence-corrected chi connectivity index (χ4v) is 4.31. The Morgan fingerprint density at radius 3 is 2.80 bits per heavy atom. The molecule has 0 saturated heterocycles. The van der Waals surface area contributed by atoms with Crippen molar-refractivity contribution >= 4 is 5.70 Å². The van der Waals surface area contributed by atoms with Crippen molar-refractivity contribution in [3.8, 4) is 6.07 Å². The van der Waals surface area contributed by atoms with Gasteiger partial charge in [0, 0.05) is 42.1 Å². The van der Waals surface area contributed by atoms with Crippen LogP contribution < -0.4 is 0 Å². The first-order valence-corrected chi connectivity index (χ1v) is 8.55. The van der Waals surface area contributed by atoms with Gasteiger partial charge in [0.25, 0.3) is 0 Å². The number of hydrogen-bond donors (Lipinski definition) is 0. The Labute approximate surface area is 147 Å². The van der Waals surface area contributed by atoms with Crippen molar-refractivity contribution in [2.45, 2.75) is 44.6 Å². The van der Waals surface area contributed by atoms with Gasteiger partial charge in [-0.05, 0) is 30.5 Å². The number of ether oxygens (including phenoxy) is 1. The van der Waals surface area contributed by atoms with Crippen LogP contribution in [0.5, 0.6) is 0 Å². The molecule has 0 aromatic heterocycles. The summed E-state index contributed by atoms with van der Waals surface area (Å²) in [6.07, 6.45) is 5.49. The van der Waals surface area contributed by atoms with Crippen LogP contribution in [0.1, 0.15) is 44.2 Å². The molecule has 0 amide bonds. The fourth-order valence-electron chi connectivity index (χ4n) is 4.31. The molecule has 0 bridgehead atoms. The third-order valence-corrected chi connectivity index (χ3v) is 5.49. The van der Waals surface area contributed by atoms with Gasteiger partial charge in [-0.15, -0.1) is 0 Å². The summed E-state index contributed by atoms with van der Waals surface area (Å²) in [5.74, 6) is -0.473. The van der Waals surface area contributed by atoms with Crippen LogP contribution in [0.3, 0.4) is 0 Å². The molecule has 2 heterocycles. The Kier molecular flexibility index (Phi) is 4.55. The van der Waals surface area contributed by atoms with Crippen LogP contribution in [0.2, 0.25) is 0 Å². The second-order valence-corrected chi connectivity index (χ2v) is 6.80. The summed E-state index contributed by atoms with van der Waals surface area (Å²) >= 11 is 0. The van der Waals surface area contributed by atoms with Crippen LogP contribution in [0.15, 0.2) is 30.0 Å². The maximum atomic E-state index is 14.8. The molecule has 2 atom stereocenters. The Morgan fingerprint density at radius 1 is 1.40 bits per heavy atom. The molecule has 0 radical (unpaired) electrons. The summed E-state index contributed by atoms with van der Waals surface area (Å²) in [5.41, 5.74) is 1.30. The Hall–Kier alpha value is -2.35. The lowest BCUT2D eigenvalue weighted by molar-refractivity contribution is 0.168. The van der Waals surface area contributed by atoms with Gasteiger partial charge in [0.05, 0.1) is 18.9 Å². The zero-order valence-electron chi connectivity index (χ0n) is 14.8. The molecule has 0 spiro atoms. The highest BCUT2D eigenvalue weighted by atomic mass is 19.1. The van der Waals surface area contributed by atoms with Crippen molar-refractivity contribution < 1.29 is 13.5 Å². The number of nitriles is 1. The molecule has 3 nitrogen and oxygen atoms in total. The summed E-state index contributed by atoms with van der Waals surface area (Å²) in [4.78, 5) is 2.16. The minimum Gasteiger partial charge on any atom is -0.497 e. The summed E-state index contributed by atoms with van der Waals surface area (Å²) in [7, 11) is 1.58. The van der Waals surface area contributed by atoms with E-state index in [4.69, 9.17) is 10.00 Å². The van der Waals surface area contributed by atoms with E-state index in [1.807, 2.05) is 19.1 Å². The lowest BCUT2D eigenvalue weighted by Crippen LogP contribution is -2.53. The average Bonchev–Trinajstić information content (AvgIpc) is 2.60. The number of benzene rings is 1. The number of rotatable bonds is 4. The molecule has 0 N–H and O–H groups in total. The van der Waals surface area contributed by atoms with Crippen LogP contribution in [0, 0.1) is 23.0 Å². The van der Waals surface area contributed by atoms with Crippen LogP contribution in [0.25, 0.3) is 5.70 Å². The van der Waals surface area contributed by atoms with Crippen LogP contribution in [-0.2, 0) is 10.2 Å². The molecule has 25 heavy (non-hydrogen) atoms. The highest BCUT2D eigenvalue weighted by molar-refractivity contribution is 5.74. The molecule has 132 valence electrons. The second-order valence-electron chi connectivity index (χ2n) is 6.80. The van der Waals surface area contributed by atoms with Crippen molar-refractivity contribution in [1.29, 1.82) is 5.26 Å². The molecule has 2 aliphatic rings. The van der Waals surface area contributed by atoms with E-state index in [0.29, 0.717) is 36.3 Å². The normalized spacial score (nSPS) is 24.6. The van der Waals surface area contributed by atoms with E-state index in [2.05, 4.69) is 17.9 Å². The van der Waals surface area contributed by atoms with E-state index in [1.54, 1.807) is 7.11 Å². The van der Waals surface area contributed by atoms with Crippen molar-refractivity contribution in [2.75, 3.05) is 13.7 Å². The van der Waals surface area contributed by atoms with Crippen molar-refractivity contribution in [3.63, 3.8) is 0 Å². The van der Waals surface area contributed by atoms with Crippen LogP contribution in [-0.4, -0.2) is 24.6 Å². The van der Waals surface area contributed by atoms with Gasteiger partial charge in [-0.25, -0.2) is 8.78 Å². The Balaban J connectivity index is 2.27. The lowest BCUT2D eigenvalue weighted by Gasteiger charge is -2.52. The lowest BCUT2D eigenvalue weighted by atomic mass is 9.66.